The van der Waals surface area contributed by atoms with Crippen LogP contribution in [-0.4, -0.2) is 32.4 Å². The first-order valence-electron chi connectivity index (χ1n) is 6.94. The van der Waals surface area contributed by atoms with Gasteiger partial charge >= 0.3 is 0 Å². The van der Waals surface area contributed by atoms with E-state index in [9.17, 15) is 4.39 Å². The van der Waals surface area contributed by atoms with Crippen molar-refractivity contribution in [3.8, 4) is 5.75 Å². The van der Waals surface area contributed by atoms with Gasteiger partial charge in [-0.25, -0.2) is 4.39 Å². The zero-order valence-corrected chi connectivity index (χ0v) is 11.4. The van der Waals surface area contributed by atoms with Gasteiger partial charge in [-0.15, -0.1) is 0 Å². The molecular weight excluding hydrogens is 245 g/mol. The van der Waals surface area contributed by atoms with Crippen molar-refractivity contribution in [1.29, 1.82) is 0 Å². The number of benzene rings is 1. The predicted octanol–water partition coefficient (Wildman–Crippen LogP) is 2.61. The molecule has 0 radical (unpaired) electrons. The van der Waals surface area contributed by atoms with Crippen molar-refractivity contribution in [1.82, 2.24) is 5.32 Å². The highest BCUT2D eigenvalue weighted by molar-refractivity contribution is 5.21. The molecule has 2 rings (SSSR count). The van der Waals surface area contributed by atoms with E-state index in [1.807, 2.05) is 0 Å². The van der Waals surface area contributed by atoms with Gasteiger partial charge in [0.25, 0.3) is 0 Å². The fourth-order valence-corrected chi connectivity index (χ4v) is 2.12. The van der Waals surface area contributed by atoms with Crippen LogP contribution >= 0.6 is 0 Å². The molecule has 0 bridgehead atoms. The van der Waals surface area contributed by atoms with Crippen LogP contribution in [0.15, 0.2) is 24.3 Å². The van der Waals surface area contributed by atoms with Gasteiger partial charge in [0, 0.05) is 25.6 Å². The Morgan fingerprint density at radius 3 is 2.89 bits per heavy atom. The average Bonchev–Trinajstić information content (AvgIpc) is 2.91. The van der Waals surface area contributed by atoms with Crippen molar-refractivity contribution in [3.05, 3.63) is 30.1 Å². The molecule has 2 atom stereocenters. The van der Waals surface area contributed by atoms with Crippen molar-refractivity contribution in [2.24, 2.45) is 5.92 Å². The first-order valence-corrected chi connectivity index (χ1v) is 6.94. The highest BCUT2D eigenvalue weighted by atomic mass is 19.1. The molecule has 0 amide bonds. The van der Waals surface area contributed by atoms with E-state index in [0.717, 1.165) is 26.1 Å². The van der Waals surface area contributed by atoms with Gasteiger partial charge in [0.15, 0.2) is 0 Å². The van der Waals surface area contributed by atoms with Crippen molar-refractivity contribution >= 4 is 0 Å². The Hall–Kier alpha value is -1.13. The van der Waals surface area contributed by atoms with Gasteiger partial charge in [0.1, 0.15) is 11.6 Å². The second-order valence-electron chi connectivity index (χ2n) is 5.16. The fourth-order valence-electron chi connectivity index (χ4n) is 2.12. The van der Waals surface area contributed by atoms with Gasteiger partial charge in [-0.2, -0.15) is 0 Å². The van der Waals surface area contributed by atoms with Crippen molar-refractivity contribution in [2.45, 2.75) is 25.9 Å². The van der Waals surface area contributed by atoms with E-state index in [2.05, 4.69) is 12.2 Å². The zero-order chi connectivity index (χ0) is 13.5. The van der Waals surface area contributed by atoms with Crippen LogP contribution in [0.4, 0.5) is 4.39 Å². The third-order valence-corrected chi connectivity index (χ3v) is 3.24. The van der Waals surface area contributed by atoms with Crippen molar-refractivity contribution in [3.63, 3.8) is 0 Å². The maximum Gasteiger partial charge on any atom is 0.123 e. The summed E-state index contributed by atoms with van der Waals surface area (Å²) in [5.74, 6) is 0.887. The molecule has 0 aliphatic carbocycles. The summed E-state index contributed by atoms with van der Waals surface area (Å²) in [6.07, 6.45) is 2.72. The Bertz CT molecular complexity index is 363. The molecule has 0 aromatic heterocycles. The Morgan fingerprint density at radius 2 is 2.21 bits per heavy atom. The summed E-state index contributed by atoms with van der Waals surface area (Å²) in [7, 11) is 0. The van der Waals surface area contributed by atoms with E-state index in [4.69, 9.17) is 9.47 Å². The lowest BCUT2D eigenvalue weighted by Crippen LogP contribution is -2.31. The zero-order valence-electron chi connectivity index (χ0n) is 11.4. The molecule has 1 aliphatic heterocycles. The third kappa shape index (κ3) is 5.17. The second kappa shape index (κ2) is 7.46. The lowest BCUT2D eigenvalue weighted by atomic mass is 10.2. The van der Waals surface area contributed by atoms with Crippen molar-refractivity contribution in [2.75, 3.05) is 26.3 Å². The van der Waals surface area contributed by atoms with Gasteiger partial charge in [-0.1, -0.05) is 6.92 Å². The Morgan fingerprint density at radius 1 is 1.42 bits per heavy atom. The topological polar surface area (TPSA) is 30.5 Å². The summed E-state index contributed by atoms with van der Waals surface area (Å²) < 4.78 is 23.9. The van der Waals surface area contributed by atoms with Gasteiger partial charge in [0.05, 0.1) is 12.7 Å². The summed E-state index contributed by atoms with van der Waals surface area (Å²) in [6, 6.07) is 6.13. The number of rotatable bonds is 7. The molecule has 1 heterocycles. The predicted molar refractivity (Wildman–Crippen MR) is 72.9 cm³/mol. The maximum absolute atomic E-state index is 12.7. The quantitative estimate of drug-likeness (QED) is 0.823. The van der Waals surface area contributed by atoms with Crippen LogP contribution in [0.5, 0.6) is 5.75 Å². The van der Waals surface area contributed by atoms with Gasteiger partial charge in [-0.3, -0.25) is 0 Å². The fraction of sp³-hybridized carbons (Fsp3) is 0.600. The first kappa shape index (κ1) is 14.3. The smallest absolute Gasteiger partial charge is 0.123 e. The number of ether oxygens (including phenoxy) is 2. The largest absolute Gasteiger partial charge is 0.493 e. The molecule has 1 fully saturated rings. The molecule has 1 N–H and O–H groups in total. The van der Waals surface area contributed by atoms with Crippen LogP contribution in [-0.2, 0) is 4.74 Å². The first-order chi connectivity index (χ1) is 9.24. The summed E-state index contributed by atoms with van der Waals surface area (Å²) in [5.41, 5.74) is 0. The monoisotopic (exact) mass is 267 g/mol. The SMILES string of the molecule is CC(CNCC1CCCO1)COc1ccc(F)cc1. The summed E-state index contributed by atoms with van der Waals surface area (Å²) in [4.78, 5) is 0. The molecule has 1 aliphatic rings. The number of hydrogen-bond donors (Lipinski definition) is 1. The standard InChI is InChI=1S/C15H22FNO2/c1-12(9-17-10-15-3-2-8-18-15)11-19-14-6-4-13(16)5-7-14/h4-7,12,15,17H,2-3,8-11H2,1H3. The Balaban J connectivity index is 1.58. The molecule has 19 heavy (non-hydrogen) atoms. The van der Waals surface area contributed by atoms with Crippen molar-refractivity contribution < 1.29 is 13.9 Å². The average molecular weight is 267 g/mol. The second-order valence-corrected chi connectivity index (χ2v) is 5.16. The normalized spacial score (nSPS) is 20.4. The molecule has 1 aromatic rings. The molecule has 0 spiro atoms. The Labute approximate surface area is 114 Å². The van der Waals surface area contributed by atoms with E-state index < -0.39 is 0 Å². The van der Waals surface area contributed by atoms with Gasteiger partial charge < -0.3 is 14.8 Å². The number of hydrogen-bond acceptors (Lipinski definition) is 3. The molecule has 1 saturated heterocycles. The minimum absolute atomic E-state index is 0.237. The molecule has 1 aromatic carbocycles. The van der Waals surface area contributed by atoms with Gasteiger partial charge in [0.2, 0.25) is 0 Å². The minimum Gasteiger partial charge on any atom is -0.493 e. The third-order valence-electron chi connectivity index (χ3n) is 3.24. The van der Waals surface area contributed by atoms with E-state index in [0.29, 0.717) is 24.4 Å². The van der Waals surface area contributed by atoms with E-state index in [1.54, 1.807) is 12.1 Å². The van der Waals surface area contributed by atoms with Gasteiger partial charge in [-0.05, 0) is 37.1 Å². The number of halogens is 1. The van der Waals surface area contributed by atoms with Crippen LogP contribution in [0, 0.1) is 11.7 Å². The van der Waals surface area contributed by atoms with E-state index >= 15 is 0 Å². The van der Waals surface area contributed by atoms with Crippen LogP contribution < -0.4 is 10.1 Å². The molecule has 2 unspecified atom stereocenters. The van der Waals surface area contributed by atoms with E-state index in [1.165, 1.54) is 18.6 Å². The summed E-state index contributed by atoms with van der Waals surface area (Å²) in [6.45, 7) is 5.48. The van der Waals surface area contributed by atoms with Crippen LogP contribution in [0.1, 0.15) is 19.8 Å². The van der Waals surface area contributed by atoms with Crippen LogP contribution in [0.25, 0.3) is 0 Å². The van der Waals surface area contributed by atoms with Crippen LogP contribution in [0.3, 0.4) is 0 Å². The Kier molecular flexibility index (Phi) is 5.61. The molecule has 106 valence electrons. The highest BCUT2D eigenvalue weighted by Gasteiger charge is 2.15. The van der Waals surface area contributed by atoms with E-state index in [-0.39, 0.29) is 5.82 Å². The maximum atomic E-state index is 12.7. The van der Waals surface area contributed by atoms with Crippen LogP contribution in [0.2, 0.25) is 0 Å². The minimum atomic E-state index is -0.237. The lowest BCUT2D eigenvalue weighted by Gasteiger charge is -2.16. The summed E-state index contributed by atoms with van der Waals surface area (Å²) >= 11 is 0. The highest BCUT2D eigenvalue weighted by Crippen LogP contribution is 2.13. The molecule has 3 nitrogen and oxygen atoms in total. The lowest BCUT2D eigenvalue weighted by molar-refractivity contribution is 0.108. The molecule has 0 saturated carbocycles. The summed E-state index contributed by atoms with van der Waals surface area (Å²) in [5, 5.41) is 3.41. The number of nitrogens with one attached hydrogen (secondary N) is 1. The molecular formula is C15H22FNO2. The molecule has 4 heteroatoms.